The Labute approximate surface area is 195 Å². The van der Waals surface area contributed by atoms with Gasteiger partial charge in [0.05, 0.1) is 12.2 Å². The van der Waals surface area contributed by atoms with Gasteiger partial charge >= 0.3 is 12.1 Å². The molecule has 2 N–H and O–H groups in total. The van der Waals surface area contributed by atoms with Crippen LogP contribution in [0.4, 0.5) is 0 Å². The normalized spacial score (nSPS) is 13.1. The predicted octanol–water partition coefficient (Wildman–Crippen LogP) is 2.91. The Hall–Kier alpha value is -2.19. The number of hydrogen-bond acceptors (Lipinski definition) is 8. The maximum Gasteiger partial charge on any atom is 0.373 e. The zero-order valence-corrected chi connectivity index (χ0v) is 20.8. The molecule has 0 unspecified atom stereocenters. The van der Waals surface area contributed by atoms with Crippen LogP contribution in [-0.4, -0.2) is 53.7 Å². The van der Waals surface area contributed by atoms with Gasteiger partial charge in [0.1, 0.15) is 17.7 Å². The number of esters is 1. The Bertz CT molecular complexity index is 722. The Morgan fingerprint density at radius 3 is 2.09 bits per heavy atom. The van der Waals surface area contributed by atoms with Crippen molar-refractivity contribution in [2.45, 2.75) is 78.2 Å². The number of aryl methyl sites for hydroxylation is 1. The van der Waals surface area contributed by atoms with Crippen LogP contribution < -0.4 is 10.0 Å². The molecule has 0 radical (unpaired) electrons. The molecule has 0 aliphatic carbocycles. The molecule has 1 aromatic carbocycles. The topological polar surface area (TPSA) is 111 Å². The number of amides is 1. The second-order valence-electron chi connectivity index (χ2n) is 9.02. The van der Waals surface area contributed by atoms with Gasteiger partial charge in [-0.05, 0) is 60.5 Å². The molecule has 2 atom stereocenters. The van der Waals surface area contributed by atoms with E-state index in [1.807, 2.05) is 39.0 Å². The highest BCUT2D eigenvalue weighted by Gasteiger charge is 2.27. The summed E-state index contributed by atoms with van der Waals surface area (Å²) < 4.78 is 14.3. The molecule has 0 spiro atoms. The SMILES string of the molecule is C[C@H](NC(=O)[C@@H](COC(C)(C)C)NSCCc1ccccc1)C(=O)OC(C)(C)C.O=C=O. The van der Waals surface area contributed by atoms with Crippen LogP contribution in [0.15, 0.2) is 30.3 Å². The van der Waals surface area contributed by atoms with Gasteiger partial charge in [-0.1, -0.05) is 42.3 Å². The van der Waals surface area contributed by atoms with E-state index in [-0.39, 0.29) is 24.3 Å². The molecule has 0 aliphatic heterocycles. The molecular weight excluding hydrogens is 432 g/mol. The van der Waals surface area contributed by atoms with Crippen LogP contribution in [0.25, 0.3) is 0 Å². The van der Waals surface area contributed by atoms with Crippen molar-refractivity contribution in [3.8, 4) is 0 Å². The maximum absolute atomic E-state index is 12.7. The molecule has 1 rings (SSSR count). The number of ether oxygens (including phenoxy) is 2. The molecule has 0 heterocycles. The van der Waals surface area contributed by atoms with Gasteiger partial charge in [0.2, 0.25) is 5.91 Å². The molecule has 32 heavy (non-hydrogen) atoms. The van der Waals surface area contributed by atoms with Gasteiger partial charge in [-0.15, -0.1) is 0 Å². The summed E-state index contributed by atoms with van der Waals surface area (Å²) in [6.07, 6.45) is 1.14. The van der Waals surface area contributed by atoms with E-state index in [9.17, 15) is 9.59 Å². The molecule has 180 valence electrons. The number of carbonyl (C=O) groups is 2. The predicted molar refractivity (Wildman–Crippen MR) is 124 cm³/mol. The van der Waals surface area contributed by atoms with E-state index >= 15 is 0 Å². The third-order valence-electron chi connectivity index (χ3n) is 3.68. The van der Waals surface area contributed by atoms with Gasteiger partial charge in [-0.25, -0.2) is 9.52 Å². The quantitative estimate of drug-likeness (QED) is 0.306. The van der Waals surface area contributed by atoms with Crippen LogP contribution >= 0.6 is 11.9 Å². The van der Waals surface area contributed by atoms with Crippen molar-refractivity contribution in [3.63, 3.8) is 0 Å². The van der Waals surface area contributed by atoms with Crippen molar-refractivity contribution in [2.24, 2.45) is 0 Å². The summed E-state index contributed by atoms with van der Waals surface area (Å²) in [4.78, 5) is 41.1. The fraction of sp³-hybridized carbons (Fsp3) is 0.609. The van der Waals surface area contributed by atoms with Crippen LogP contribution in [0.5, 0.6) is 0 Å². The highest BCUT2D eigenvalue weighted by atomic mass is 32.2. The van der Waals surface area contributed by atoms with Crippen LogP contribution in [0, 0.1) is 0 Å². The van der Waals surface area contributed by atoms with Crippen molar-refractivity contribution < 1.29 is 28.7 Å². The standard InChI is InChI=1S/C22H36N2O4S.CO2/c1-16(20(26)28-22(5,6)7)23-19(25)18(15-27-21(2,3)4)24-29-14-13-17-11-9-8-10-12-17;2-1-3/h8-12,16,18,24H,13-15H2,1-7H3,(H,23,25);/t16-,18+;/m0./s1. The van der Waals surface area contributed by atoms with Gasteiger partial charge < -0.3 is 14.8 Å². The van der Waals surface area contributed by atoms with Crippen molar-refractivity contribution in [3.05, 3.63) is 35.9 Å². The highest BCUT2D eigenvalue weighted by Crippen LogP contribution is 2.11. The Balaban J connectivity index is 0.00000302. The zero-order valence-electron chi connectivity index (χ0n) is 20.0. The second-order valence-corrected chi connectivity index (χ2v) is 9.96. The van der Waals surface area contributed by atoms with Gasteiger partial charge in [-0.2, -0.15) is 9.59 Å². The van der Waals surface area contributed by atoms with E-state index in [0.29, 0.717) is 0 Å². The average Bonchev–Trinajstić information content (AvgIpc) is 2.66. The van der Waals surface area contributed by atoms with Gasteiger partial charge in [0, 0.05) is 5.75 Å². The maximum atomic E-state index is 12.7. The minimum absolute atomic E-state index is 0.203. The van der Waals surface area contributed by atoms with E-state index in [1.54, 1.807) is 27.7 Å². The number of nitrogens with one attached hydrogen (secondary N) is 2. The lowest BCUT2D eigenvalue weighted by atomic mass is 10.2. The molecule has 0 aromatic heterocycles. The molecule has 9 heteroatoms. The fourth-order valence-corrected chi connectivity index (χ4v) is 3.06. The number of benzene rings is 1. The second kappa shape index (κ2) is 14.8. The smallest absolute Gasteiger partial charge is 0.373 e. The summed E-state index contributed by atoms with van der Waals surface area (Å²) in [5, 5.41) is 2.73. The van der Waals surface area contributed by atoms with Gasteiger partial charge in [0.25, 0.3) is 0 Å². The molecule has 0 fully saturated rings. The fourth-order valence-electron chi connectivity index (χ4n) is 2.23. The monoisotopic (exact) mass is 468 g/mol. The molecule has 0 aliphatic rings. The van der Waals surface area contributed by atoms with Crippen molar-refractivity contribution in [1.29, 1.82) is 0 Å². The lowest BCUT2D eigenvalue weighted by Gasteiger charge is -2.26. The first-order valence-electron chi connectivity index (χ1n) is 10.4. The minimum atomic E-state index is -0.741. The van der Waals surface area contributed by atoms with Gasteiger partial charge in [-0.3, -0.25) is 4.79 Å². The van der Waals surface area contributed by atoms with Crippen molar-refractivity contribution >= 4 is 30.0 Å². The molecule has 8 nitrogen and oxygen atoms in total. The first kappa shape index (κ1) is 29.8. The molecule has 0 saturated carbocycles. The lowest BCUT2D eigenvalue weighted by Crippen LogP contribution is -2.51. The van der Waals surface area contributed by atoms with Crippen LogP contribution in [0.1, 0.15) is 54.0 Å². The Morgan fingerprint density at radius 2 is 1.59 bits per heavy atom. The molecule has 1 aromatic rings. The van der Waals surface area contributed by atoms with Crippen LogP contribution in [0.3, 0.4) is 0 Å². The third-order valence-corrected chi connectivity index (χ3v) is 4.54. The summed E-state index contributed by atoms with van der Waals surface area (Å²) >= 11 is 1.47. The molecular formula is C23H36N2O6S. The summed E-state index contributed by atoms with van der Waals surface area (Å²) in [5.74, 6) is 0.0585. The van der Waals surface area contributed by atoms with Crippen molar-refractivity contribution in [1.82, 2.24) is 10.0 Å². The lowest BCUT2D eigenvalue weighted by molar-refractivity contribution is -0.191. The van der Waals surface area contributed by atoms with Crippen LogP contribution in [0.2, 0.25) is 0 Å². The average molecular weight is 469 g/mol. The Kier molecular flexibility index (Phi) is 13.8. The number of rotatable bonds is 10. The van der Waals surface area contributed by atoms with E-state index < -0.39 is 23.7 Å². The summed E-state index contributed by atoms with van der Waals surface area (Å²) in [7, 11) is 0. The molecule has 1 amide bonds. The highest BCUT2D eigenvalue weighted by molar-refractivity contribution is 7.97. The first-order valence-corrected chi connectivity index (χ1v) is 11.4. The van der Waals surface area contributed by atoms with E-state index in [1.165, 1.54) is 17.5 Å². The minimum Gasteiger partial charge on any atom is -0.458 e. The Morgan fingerprint density at radius 1 is 1.03 bits per heavy atom. The van der Waals surface area contributed by atoms with Gasteiger partial charge in [0.15, 0.2) is 0 Å². The van der Waals surface area contributed by atoms with E-state index in [2.05, 4.69) is 22.2 Å². The van der Waals surface area contributed by atoms with Crippen molar-refractivity contribution in [2.75, 3.05) is 12.4 Å². The van der Waals surface area contributed by atoms with E-state index in [4.69, 9.17) is 19.1 Å². The first-order chi connectivity index (χ1) is 14.8. The molecule has 0 saturated heterocycles. The summed E-state index contributed by atoms with van der Waals surface area (Å²) in [6.45, 7) is 13.0. The largest absolute Gasteiger partial charge is 0.458 e. The van der Waals surface area contributed by atoms with E-state index in [0.717, 1.165) is 12.2 Å². The molecule has 0 bridgehead atoms. The summed E-state index contributed by atoms with van der Waals surface area (Å²) in [6, 6.07) is 8.85. The van der Waals surface area contributed by atoms with Crippen LogP contribution in [-0.2, 0) is 35.1 Å². The number of hydrogen-bond donors (Lipinski definition) is 2. The zero-order chi connectivity index (χ0) is 24.8. The summed E-state index contributed by atoms with van der Waals surface area (Å²) in [5.41, 5.74) is 0.273. The number of carbonyl (C=O) groups excluding carboxylic acids is 4. The third kappa shape index (κ3) is 15.6.